The second-order valence-electron chi connectivity index (χ2n) is 5.27. The molecule has 0 atom stereocenters. The van der Waals surface area contributed by atoms with Crippen molar-refractivity contribution in [2.75, 3.05) is 6.26 Å². The molecule has 122 valence electrons. The smallest absolute Gasteiger partial charge is 0.308 e. The molecule has 0 saturated heterocycles. The van der Waals surface area contributed by atoms with Crippen molar-refractivity contribution in [3.8, 4) is 11.5 Å². The highest BCUT2D eigenvalue weighted by Gasteiger charge is 2.12. The van der Waals surface area contributed by atoms with E-state index in [9.17, 15) is 4.79 Å². The highest BCUT2D eigenvalue weighted by Crippen LogP contribution is 2.31. The van der Waals surface area contributed by atoms with Gasteiger partial charge in [-0.3, -0.25) is 4.79 Å². The van der Waals surface area contributed by atoms with Crippen molar-refractivity contribution in [1.82, 2.24) is 0 Å². The molecular formula is C19H22O3S. The van der Waals surface area contributed by atoms with Crippen molar-refractivity contribution in [1.29, 1.82) is 0 Å². The largest absolute Gasteiger partial charge is 0.488 e. The molecule has 0 bridgehead atoms. The van der Waals surface area contributed by atoms with E-state index in [1.54, 1.807) is 17.8 Å². The number of benzene rings is 2. The van der Waals surface area contributed by atoms with Crippen LogP contribution < -0.4 is 9.47 Å². The average molecular weight is 330 g/mol. The van der Waals surface area contributed by atoms with Crippen molar-refractivity contribution in [2.45, 2.75) is 38.7 Å². The molecule has 23 heavy (non-hydrogen) atoms. The number of ether oxygens (including phenoxy) is 2. The lowest BCUT2D eigenvalue weighted by Crippen LogP contribution is -2.07. The first kappa shape index (κ1) is 17.4. The van der Waals surface area contributed by atoms with Gasteiger partial charge in [-0.15, -0.1) is 11.8 Å². The maximum absolute atomic E-state index is 11.3. The van der Waals surface area contributed by atoms with Gasteiger partial charge in [0.1, 0.15) is 18.1 Å². The van der Waals surface area contributed by atoms with Crippen LogP contribution in [0.25, 0.3) is 0 Å². The maximum Gasteiger partial charge on any atom is 0.308 e. The summed E-state index contributed by atoms with van der Waals surface area (Å²) in [4.78, 5) is 12.3. The highest BCUT2D eigenvalue weighted by molar-refractivity contribution is 7.98. The summed E-state index contributed by atoms with van der Waals surface area (Å²) >= 11 is 1.61. The minimum Gasteiger partial charge on any atom is -0.488 e. The monoisotopic (exact) mass is 330 g/mol. The Morgan fingerprint density at radius 1 is 1.17 bits per heavy atom. The van der Waals surface area contributed by atoms with Gasteiger partial charge in [0.25, 0.3) is 0 Å². The Balaban J connectivity index is 2.24. The van der Waals surface area contributed by atoms with Crippen molar-refractivity contribution in [2.24, 2.45) is 0 Å². The van der Waals surface area contributed by atoms with Gasteiger partial charge in [0.15, 0.2) is 0 Å². The number of hydrogen-bond donors (Lipinski definition) is 0. The number of carbonyl (C=O) groups excluding carboxylic acids is 1. The summed E-state index contributed by atoms with van der Waals surface area (Å²) in [5, 5.41) is 0. The molecule has 0 N–H and O–H groups in total. The zero-order valence-electron chi connectivity index (χ0n) is 14.0. The Morgan fingerprint density at radius 2 is 1.96 bits per heavy atom. The molecular weight excluding hydrogens is 308 g/mol. The summed E-state index contributed by atoms with van der Waals surface area (Å²) < 4.78 is 11.3. The molecule has 0 spiro atoms. The summed E-state index contributed by atoms with van der Waals surface area (Å²) in [6.07, 6.45) is 3.00. The van der Waals surface area contributed by atoms with Crippen molar-refractivity contribution in [3.63, 3.8) is 0 Å². The quantitative estimate of drug-likeness (QED) is 0.434. The van der Waals surface area contributed by atoms with Gasteiger partial charge in [-0.2, -0.15) is 0 Å². The van der Waals surface area contributed by atoms with Crippen LogP contribution in [0, 0.1) is 6.92 Å². The summed E-state index contributed by atoms with van der Waals surface area (Å²) in [6, 6.07) is 11.9. The minimum absolute atomic E-state index is 0.326. The molecule has 0 radical (unpaired) electrons. The standard InChI is InChI=1S/C19H22O3S/c1-5-15-9-10-17(13(2)11-15)21-12-16-18(22-14(3)20)7-6-8-19(16)23-4/h6-11H,5,12H2,1-4H3. The molecule has 2 aromatic rings. The molecule has 0 amide bonds. The number of thioether (sulfide) groups is 1. The molecule has 2 rings (SSSR count). The fraction of sp³-hybridized carbons (Fsp3) is 0.316. The van der Waals surface area contributed by atoms with Crippen LogP contribution in [0.5, 0.6) is 11.5 Å². The van der Waals surface area contributed by atoms with Crippen LogP contribution in [0.1, 0.15) is 30.5 Å². The third kappa shape index (κ3) is 4.52. The van der Waals surface area contributed by atoms with Gasteiger partial charge in [-0.25, -0.2) is 0 Å². The summed E-state index contributed by atoms with van der Waals surface area (Å²) in [5.41, 5.74) is 3.30. The topological polar surface area (TPSA) is 35.5 Å². The maximum atomic E-state index is 11.3. The lowest BCUT2D eigenvalue weighted by atomic mass is 10.1. The van der Waals surface area contributed by atoms with E-state index >= 15 is 0 Å². The van der Waals surface area contributed by atoms with E-state index in [0.717, 1.165) is 28.2 Å². The zero-order chi connectivity index (χ0) is 16.8. The summed E-state index contributed by atoms with van der Waals surface area (Å²) in [5.74, 6) is 1.09. The Hall–Kier alpha value is -1.94. The number of esters is 1. The molecule has 0 aromatic heterocycles. The summed E-state index contributed by atoms with van der Waals surface area (Å²) in [6.45, 7) is 5.95. The predicted molar refractivity (Wildman–Crippen MR) is 94.4 cm³/mol. The first-order valence-electron chi connectivity index (χ1n) is 7.61. The summed E-state index contributed by atoms with van der Waals surface area (Å²) in [7, 11) is 0. The Morgan fingerprint density at radius 3 is 2.57 bits per heavy atom. The third-order valence-electron chi connectivity index (χ3n) is 3.58. The van der Waals surface area contributed by atoms with Crippen LogP contribution in [0.2, 0.25) is 0 Å². The highest BCUT2D eigenvalue weighted by atomic mass is 32.2. The Bertz CT molecular complexity index is 695. The molecule has 0 aliphatic rings. The lowest BCUT2D eigenvalue weighted by Gasteiger charge is -2.15. The van der Waals surface area contributed by atoms with Crippen LogP contribution in [0.3, 0.4) is 0 Å². The molecule has 0 aliphatic heterocycles. The van der Waals surface area contributed by atoms with E-state index in [2.05, 4.69) is 19.1 Å². The zero-order valence-corrected chi connectivity index (χ0v) is 14.8. The normalized spacial score (nSPS) is 10.4. The van der Waals surface area contributed by atoms with Gasteiger partial charge in [-0.05, 0) is 48.9 Å². The van der Waals surface area contributed by atoms with Crippen LogP contribution in [0.4, 0.5) is 0 Å². The number of aryl methyl sites for hydroxylation is 2. The van der Waals surface area contributed by atoms with Crippen molar-refractivity contribution >= 4 is 17.7 Å². The Labute approximate surface area is 142 Å². The number of carbonyl (C=O) groups is 1. The minimum atomic E-state index is -0.326. The lowest BCUT2D eigenvalue weighted by molar-refractivity contribution is -0.131. The van der Waals surface area contributed by atoms with Gasteiger partial charge in [0, 0.05) is 17.4 Å². The van der Waals surface area contributed by atoms with E-state index < -0.39 is 0 Å². The van der Waals surface area contributed by atoms with Gasteiger partial charge in [0.2, 0.25) is 0 Å². The molecule has 0 fully saturated rings. The van der Waals surface area contributed by atoms with Gasteiger partial charge in [-0.1, -0.05) is 25.1 Å². The predicted octanol–water partition coefficient (Wildman–Crippen LogP) is 4.78. The number of hydrogen-bond acceptors (Lipinski definition) is 4. The average Bonchev–Trinajstić information content (AvgIpc) is 2.53. The Kier molecular flexibility index (Phi) is 6.11. The van der Waals surface area contributed by atoms with Crippen LogP contribution >= 0.6 is 11.8 Å². The first-order valence-corrected chi connectivity index (χ1v) is 8.84. The SMILES string of the molecule is CCc1ccc(OCc2c(OC(C)=O)cccc2SC)c(C)c1. The van der Waals surface area contributed by atoms with E-state index in [1.807, 2.05) is 31.4 Å². The van der Waals surface area contributed by atoms with Crippen molar-refractivity contribution in [3.05, 3.63) is 53.1 Å². The molecule has 3 nitrogen and oxygen atoms in total. The van der Waals surface area contributed by atoms with Gasteiger partial charge < -0.3 is 9.47 Å². The van der Waals surface area contributed by atoms with Crippen LogP contribution in [-0.4, -0.2) is 12.2 Å². The first-order chi connectivity index (χ1) is 11.0. The van der Waals surface area contributed by atoms with E-state index in [4.69, 9.17) is 9.47 Å². The molecule has 0 aliphatic carbocycles. The van der Waals surface area contributed by atoms with Crippen LogP contribution in [0.15, 0.2) is 41.3 Å². The van der Waals surface area contributed by atoms with Gasteiger partial charge >= 0.3 is 5.97 Å². The fourth-order valence-electron chi connectivity index (χ4n) is 2.37. The molecule has 0 unspecified atom stereocenters. The number of rotatable bonds is 6. The van der Waals surface area contributed by atoms with E-state index in [0.29, 0.717) is 12.4 Å². The second-order valence-corrected chi connectivity index (χ2v) is 6.12. The molecule has 0 heterocycles. The fourth-order valence-corrected chi connectivity index (χ4v) is 2.99. The third-order valence-corrected chi connectivity index (χ3v) is 4.41. The van der Waals surface area contributed by atoms with Crippen LogP contribution in [-0.2, 0) is 17.8 Å². The molecule has 2 aromatic carbocycles. The van der Waals surface area contributed by atoms with E-state index in [-0.39, 0.29) is 5.97 Å². The molecule has 0 saturated carbocycles. The second kappa shape index (κ2) is 8.06. The van der Waals surface area contributed by atoms with Gasteiger partial charge in [0.05, 0.1) is 0 Å². The van der Waals surface area contributed by atoms with E-state index in [1.165, 1.54) is 12.5 Å². The molecule has 4 heteroatoms. The van der Waals surface area contributed by atoms with Crippen molar-refractivity contribution < 1.29 is 14.3 Å².